The lowest BCUT2D eigenvalue weighted by atomic mass is 9.94. The second kappa shape index (κ2) is 6.57. The molecular weight excluding hydrogens is 288 g/mol. The summed E-state index contributed by atoms with van der Waals surface area (Å²) in [6.07, 6.45) is 0.984. The fraction of sp³-hybridized carbons (Fsp3) is 0.211. The van der Waals surface area contributed by atoms with Crippen molar-refractivity contribution in [1.82, 2.24) is 0 Å². The molecule has 3 rings (SSSR count). The summed E-state index contributed by atoms with van der Waals surface area (Å²) in [6, 6.07) is 19.0. The van der Waals surface area contributed by atoms with Crippen molar-refractivity contribution in [2.75, 3.05) is 5.01 Å². The molecule has 0 radical (unpaired) electrons. The Balaban J connectivity index is 1.70. The van der Waals surface area contributed by atoms with Crippen molar-refractivity contribution in [3.8, 4) is 0 Å². The second-order valence-electron chi connectivity index (χ2n) is 5.61. The topological polar surface area (TPSA) is 49.7 Å². The highest BCUT2D eigenvalue weighted by atomic mass is 16.2. The quantitative estimate of drug-likeness (QED) is 0.796. The zero-order chi connectivity index (χ0) is 16.2. The number of benzene rings is 2. The van der Waals surface area contributed by atoms with E-state index in [2.05, 4.69) is 5.10 Å². The monoisotopic (exact) mass is 306 g/mol. The predicted molar refractivity (Wildman–Crippen MR) is 90.3 cm³/mol. The van der Waals surface area contributed by atoms with Gasteiger partial charge in [0.25, 0.3) is 5.91 Å². The maximum absolute atomic E-state index is 12.6. The van der Waals surface area contributed by atoms with E-state index in [1.807, 2.05) is 60.7 Å². The minimum absolute atomic E-state index is 0.0708. The highest BCUT2D eigenvalue weighted by molar-refractivity contribution is 6.27. The van der Waals surface area contributed by atoms with Crippen LogP contribution in [0.5, 0.6) is 0 Å². The van der Waals surface area contributed by atoms with Gasteiger partial charge in [-0.1, -0.05) is 48.5 Å². The molecule has 1 unspecified atom stereocenters. The number of nitrogens with zero attached hydrogens (tertiary/aromatic N) is 2. The highest BCUT2D eigenvalue weighted by Crippen LogP contribution is 2.25. The van der Waals surface area contributed by atoms with Crippen LogP contribution in [-0.4, -0.2) is 17.4 Å². The van der Waals surface area contributed by atoms with E-state index in [9.17, 15) is 9.59 Å². The van der Waals surface area contributed by atoms with Gasteiger partial charge in [-0.2, -0.15) is 10.1 Å². The van der Waals surface area contributed by atoms with Crippen LogP contribution in [-0.2, 0) is 16.0 Å². The molecule has 1 atom stereocenters. The Morgan fingerprint density at radius 1 is 1.04 bits per heavy atom. The molecule has 1 aliphatic heterocycles. The average Bonchev–Trinajstić information content (AvgIpc) is 2.89. The summed E-state index contributed by atoms with van der Waals surface area (Å²) in [5, 5.41) is 5.61. The van der Waals surface area contributed by atoms with Gasteiger partial charge in [-0.25, -0.2) is 0 Å². The Hall–Kier alpha value is -2.75. The van der Waals surface area contributed by atoms with Crippen LogP contribution in [0.25, 0.3) is 0 Å². The van der Waals surface area contributed by atoms with E-state index in [1.54, 1.807) is 6.92 Å². The third kappa shape index (κ3) is 3.21. The van der Waals surface area contributed by atoms with Crippen LogP contribution >= 0.6 is 0 Å². The molecule has 0 spiro atoms. The van der Waals surface area contributed by atoms with Crippen LogP contribution in [0.1, 0.15) is 18.9 Å². The Kier molecular flexibility index (Phi) is 4.33. The smallest absolute Gasteiger partial charge is 0.263 e. The van der Waals surface area contributed by atoms with Gasteiger partial charge in [-0.3, -0.25) is 9.59 Å². The molecule has 1 heterocycles. The normalized spacial score (nSPS) is 17.3. The van der Waals surface area contributed by atoms with Crippen molar-refractivity contribution in [3.63, 3.8) is 0 Å². The molecular formula is C19H18N2O2. The third-order valence-electron chi connectivity index (χ3n) is 3.96. The van der Waals surface area contributed by atoms with Crippen molar-refractivity contribution >= 4 is 23.1 Å². The maximum atomic E-state index is 12.6. The zero-order valence-electron chi connectivity index (χ0n) is 13.0. The molecule has 4 nitrogen and oxygen atoms in total. The summed E-state index contributed by atoms with van der Waals surface area (Å²) in [5.74, 6) is -1.08. The van der Waals surface area contributed by atoms with Gasteiger partial charge < -0.3 is 0 Å². The van der Waals surface area contributed by atoms with E-state index in [0.29, 0.717) is 24.2 Å². The highest BCUT2D eigenvalue weighted by Gasteiger charge is 2.38. The Morgan fingerprint density at radius 3 is 2.30 bits per heavy atom. The molecule has 0 saturated carbocycles. The van der Waals surface area contributed by atoms with Gasteiger partial charge in [-0.05, 0) is 31.0 Å². The number of hydrogen-bond acceptors (Lipinski definition) is 3. The molecule has 0 saturated heterocycles. The standard InChI is InChI=1S/C19H18N2O2/c1-14-18(17(22)13-12-15-8-4-2-5-9-15)19(23)21(20-14)16-10-6-3-7-11-16/h2-11,18H,12-13H2,1H3. The van der Waals surface area contributed by atoms with Gasteiger partial charge >= 0.3 is 0 Å². The molecule has 23 heavy (non-hydrogen) atoms. The van der Waals surface area contributed by atoms with Crippen molar-refractivity contribution in [3.05, 3.63) is 66.2 Å². The molecule has 2 aromatic carbocycles. The van der Waals surface area contributed by atoms with Crippen LogP contribution in [0.4, 0.5) is 5.69 Å². The molecule has 2 aromatic rings. The van der Waals surface area contributed by atoms with E-state index >= 15 is 0 Å². The zero-order valence-corrected chi connectivity index (χ0v) is 13.0. The third-order valence-corrected chi connectivity index (χ3v) is 3.96. The fourth-order valence-electron chi connectivity index (χ4n) is 2.75. The van der Waals surface area contributed by atoms with E-state index in [0.717, 1.165) is 5.56 Å². The van der Waals surface area contributed by atoms with Crippen LogP contribution in [0.3, 0.4) is 0 Å². The van der Waals surface area contributed by atoms with Gasteiger partial charge in [0.1, 0.15) is 5.92 Å². The number of hydrazone groups is 1. The number of ketones is 1. The second-order valence-corrected chi connectivity index (χ2v) is 5.61. The SMILES string of the molecule is CC1=NN(c2ccccc2)C(=O)C1C(=O)CCc1ccccc1. The first-order valence-electron chi connectivity index (χ1n) is 7.67. The first-order chi connectivity index (χ1) is 11.2. The summed E-state index contributed by atoms with van der Waals surface area (Å²) in [6.45, 7) is 1.74. The molecule has 1 amide bonds. The van der Waals surface area contributed by atoms with Gasteiger partial charge in [0.15, 0.2) is 5.78 Å². The average molecular weight is 306 g/mol. The summed E-state index contributed by atoms with van der Waals surface area (Å²) in [7, 11) is 0. The van der Waals surface area contributed by atoms with E-state index < -0.39 is 5.92 Å². The number of carbonyl (C=O) groups is 2. The molecule has 0 N–H and O–H groups in total. The molecule has 0 aliphatic carbocycles. The first-order valence-corrected chi connectivity index (χ1v) is 7.67. The summed E-state index contributed by atoms with van der Waals surface area (Å²) < 4.78 is 0. The molecule has 0 aromatic heterocycles. The van der Waals surface area contributed by atoms with Crippen molar-refractivity contribution in [2.24, 2.45) is 11.0 Å². The number of para-hydroxylation sites is 1. The number of rotatable bonds is 5. The van der Waals surface area contributed by atoms with E-state index in [-0.39, 0.29) is 11.7 Å². The minimum atomic E-state index is -0.751. The molecule has 1 aliphatic rings. The van der Waals surface area contributed by atoms with E-state index in [1.165, 1.54) is 5.01 Å². The summed E-state index contributed by atoms with van der Waals surface area (Å²) >= 11 is 0. The lowest BCUT2D eigenvalue weighted by Gasteiger charge is -2.13. The number of Topliss-reactive ketones (excluding diaryl/α,β-unsaturated/α-hetero) is 1. The van der Waals surface area contributed by atoms with Crippen molar-refractivity contribution in [1.29, 1.82) is 0 Å². The Morgan fingerprint density at radius 2 is 1.65 bits per heavy atom. The number of aryl methyl sites for hydroxylation is 1. The summed E-state index contributed by atoms with van der Waals surface area (Å²) in [4.78, 5) is 25.0. The van der Waals surface area contributed by atoms with Crippen LogP contribution < -0.4 is 5.01 Å². The van der Waals surface area contributed by atoms with Crippen molar-refractivity contribution < 1.29 is 9.59 Å². The predicted octanol–water partition coefficient (Wildman–Crippen LogP) is 3.23. The molecule has 0 bridgehead atoms. The lowest BCUT2D eigenvalue weighted by molar-refractivity contribution is -0.129. The Bertz CT molecular complexity index is 738. The maximum Gasteiger partial charge on any atom is 0.263 e. The van der Waals surface area contributed by atoms with Gasteiger partial charge in [0, 0.05) is 6.42 Å². The minimum Gasteiger partial charge on any atom is -0.298 e. The van der Waals surface area contributed by atoms with Crippen molar-refractivity contribution in [2.45, 2.75) is 19.8 Å². The van der Waals surface area contributed by atoms with Crippen LogP contribution in [0.2, 0.25) is 0 Å². The Labute approximate surface area is 135 Å². The first kappa shape index (κ1) is 15.2. The largest absolute Gasteiger partial charge is 0.298 e. The molecule has 116 valence electrons. The van der Waals surface area contributed by atoms with Gasteiger partial charge in [-0.15, -0.1) is 0 Å². The number of anilines is 1. The fourth-order valence-corrected chi connectivity index (χ4v) is 2.75. The van der Waals surface area contributed by atoms with E-state index in [4.69, 9.17) is 0 Å². The summed E-state index contributed by atoms with van der Waals surface area (Å²) in [5.41, 5.74) is 2.35. The molecule has 0 fully saturated rings. The van der Waals surface area contributed by atoms with Gasteiger partial charge in [0.2, 0.25) is 0 Å². The number of carbonyl (C=O) groups excluding carboxylic acids is 2. The number of amides is 1. The van der Waals surface area contributed by atoms with Crippen LogP contribution in [0.15, 0.2) is 65.8 Å². The lowest BCUT2D eigenvalue weighted by Crippen LogP contribution is -2.32. The molecule has 4 heteroatoms. The van der Waals surface area contributed by atoms with Crippen LogP contribution in [0, 0.1) is 5.92 Å². The number of hydrogen-bond donors (Lipinski definition) is 0. The van der Waals surface area contributed by atoms with Gasteiger partial charge in [0.05, 0.1) is 11.4 Å².